The van der Waals surface area contributed by atoms with Gasteiger partial charge in [0.2, 0.25) is 0 Å². The summed E-state index contributed by atoms with van der Waals surface area (Å²) < 4.78 is 21.2. The van der Waals surface area contributed by atoms with Crippen molar-refractivity contribution in [1.29, 1.82) is 0 Å². The zero-order valence-electron chi connectivity index (χ0n) is 10.4. The molecular formula is C2H5K4NO9P2. The maximum absolute atomic E-state index is 9.32. The maximum Gasteiger partial charge on any atom is 1.00 e. The van der Waals surface area contributed by atoms with Crippen LogP contribution in [0.5, 0.6) is 0 Å². The van der Waals surface area contributed by atoms with Gasteiger partial charge in [0.05, 0.1) is 22.2 Å². The van der Waals surface area contributed by atoms with E-state index in [4.69, 9.17) is 5.11 Å². The third kappa shape index (κ3) is 49.5. The van der Waals surface area contributed by atoms with Crippen LogP contribution in [0.2, 0.25) is 0 Å². The third-order valence-electron chi connectivity index (χ3n) is 0.375. The van der Waals surface area contributed by atoms with Gasteiger partial charge >= 0.3 is 212 Å². The van der Waals surface area contributed by atoms with Gasteiger partial charge in [0.1, 0.15) is 0 Å². The van der Waals surface area contributed by atoms with Crippen LogP contribution >= 0.6 is 15.6 Å². The summed E-state index contributed by atoms with van der Waals surface area (Å²) in [7, 11) is -11.4. The molecule has 0 aliphatic rings. The molecule has 18 heavy (non-hydrogen) atoms. The van der Waals surface area contributed by atoms with Crippen molar-refractivity contribution in [2.45, 2.75) is 0 Å². The molecule has 0 bridgehead atoms. The van der Waals surface area contributed by atoms with Gasteiger partial charge in [0, 0.05) is 0 Å². The fourth-order valence-corrected chi connectivity index (χ4v) is 1.10. The van der Waals surface area contributed by atoms with Gasteiger partial charge in [-0.15, -0.1) is 0 Å². The molecular weight excluding hydrogens is 400 g/mol. The van der Waals surface area contributed by atoms with Gasteiger partial charge in [-0.2, -0.15) is 0 Å². The summed E-state index contributed by atoms with van der Waals surface area (Å²) in [6.07, 6.45) is 0. The standard InChI is InChI=1S/C2H5NO2.4K.H4O7P2/c3-1-2(4)5;;;;;1-8(2,3)7-9(4,5)6/h1,3H2,(H,4,5);;;;;(H2,1,2,3)(H2,4,5,6)/q;4*+1;/p-4. The van der Waals surface area contributed by atoms with Gasteiger partial charge in [-0.3, -0.25) is 4.79 Å². The Morgan fingerprint density at radius 3 is 1.17 bits per heavy atom. The molecule has 86 valence electrons. The van der Waals surface area contributed by atoms with Gasteiger partial charge < -0.3 is 43.9 Å². The molecule has 0 aliphatic carbocycles. The van der Waals surface area contributed by atoms with E-state index in [-0.39, 0.29) is 212 Å². The minimum Gasteiger partial charge on any atom is -0.790 e. The van der Waals surface area contributed by atoms with E-state index in [2.05, 4.69) is 10.0 Å². The smallest absolute Gasteiger partial charge is 0.790 e. The fourth-order valence-electron chi connectivity index (χ4n) is 0.122. The maximum atomic E-state index is 9.32. The normalized spacial score (nSPS) is 8.94. The summed E-state index contributed by atoms with van der Waals surface area (Å²) in [5.41, 5.74) is 4.57. The third-order valence-corrected chi connectivity index (χ3v) is 1.97. The number of rotatable bonds is 3. The molecule has 0 aromatic rings. The van der Waals surface area contributed by atoms with Gasteiger partial charge in [-0.1, -0.05) is 0 Å². The molecule has 0 spiro atoms. The van der Waals surface area contributed by atoms with Crippen LogP contribution in [-0.4, -0.2) is 17.6 Å². The molecule has 0 saturated carbocycles. The quantitative estimate of drug-likeness (QED) is 0.335. The van der Waals surface area contributed by atoms with Crippen LogP contribution in [-0.2, 0) is 18.2 Å². The van der Waals surface area contributed by atoms with Crippen molar-refractivity contribution in [3.63, 3.8) is 0 Å². The van der Waals surface area contributed by atoms with Crippen LogP contribution in [0.4, 0.5) is 0 Å². The van der Waals surface area contributed by atoms with Crippen molar-refractivity contribution in [3.05, 3.63) is 0 Å². The van der Waals surface area contributed by atoms with E-state index in [1.807, 2.05) is 0 Å². The predicted octanol–water partition coefficient (Wildman–Crippen LogP) is -16.3. The Labute approximate surface area is 273 Å². The monoisotopic (exact) mass is 405 g/mol. The summed E-state index contributed by atoms with van der Waals surface area (Å²) in [6.45, 7) is -0.278. The molecule has 0 aromatic heterocycles. The van der Waals surface area contributed by atoms with Crippen molar-refractivity contribution in [1.82, 2.24) is 0 Å². The Kier molecular flexibility index (Phi) is 46.5. The Morgan fingerprint density at radius 1 is 1.00 bits per heavy atom. The van der Waals surface area contributed by atoms with E-state index in [0.29, 0.717) is 0 Å². The summed E-state index contributed by atoms with van der Waals surface area (Å²) in [5, 5.41) is 7.60. The van der Waals surface area contributed by atoms with Gasteiger partial charge in [-0.05, 0) is 0 Å². The molecule has 0 saturated heterocycles. The number of carbonyl (C=O) groups is 1. The number of phosphoric acid groups is 2. The van der Waals surface area contributed by atoms with Crippen LogP contribution in [0, 0.1) is 0 Å². The van der Waals surface area contributed by atoms with E-state index >= 15 is 0 Å². The number of carboxylic acids is 1. The minimum absolute atomic E-state index is 0. The molecule has 0 aliphatic heterocycles. The summed E-state index contributed by atoms with van der Waals surface area (Å²) in [5.74, 6) is -0.968. The first-order valence-corrected chi connectivity index (χ1v) is 5.57. The molecule has 0 rings (SSSR count). The SMILES string of the molecule is NCC(=O)O.O=P([O-])([O-])OP(=O)([O-])[O-].[K+].[K+].[K+].[K+]. The number of hydrogen-bond acceptors (Lipinski definition) is 9. The van der Waals surface area contributed by atoms with Crippen LogP contribution < -0.4 is 231 Å². The Morgan fingerprint density at radius 2 is 1.17 bits per heavy atom. The number of aliphatic carboxylic acids is 1. The van der Waals surface area contributed by atoms with E-state index < -0.39 is 21.6 Å². The summed E-state index contributed by atoms with van der Waals surface area (Å²) in [4.78, 5) is 46.5. The fraction of sp³-hybridized carbons (Fsp3) is 0.500. The molecule has 0 heterocycles. The van der Waals surface area contributed by atoms with Crippen molar-refractivity contribution < 1.29 is 248 Å². The first-order valence-electron chi connectivity index (χ1n) is 2.65. The molecule has 3 N–H and O–H groups in total. The molecule has 0 unspecified atom stereocenters. The average molecular weight is 405 g/mol. The Bertz CT molecular complexity index is 256. The average Bonchev–Trinajstić information content (AvgIpc) is 1.80. The largest absolute Gasteiger partial charge is 1.00 e. The Hall–Kier alpha value is 6.24. The molecule has 0 amide bonds. The second-order valence-electron chi connectivity index (χ2n) is 1.57. The number of nitrogens with two attached hydrogens (primary N) is 1. The molecule has 10 nitrogen and oxygen atoms in total. The molecule has 0 aromatic carbocycles. The van der Waals surface area contributed by atoms with E-state index in [0.717, 1.165) is 0 Å². The van der Waals surface area contributed by atoms with Crippen molar-refractivity contribution >= 4 is 21.6 Å². The van der Waals surface area contributed by atoms with Gasteiger partial charge in [-0.25, -0.2) is 0 Å². The van der Waals surface area contributed by atoms with Crippen molar-refractivity contribution in [2.75, 3.05) is 6.54 Å². The number of carboxylic acid groups (broad SMARTS) is 1. The minimum atomic E-state index is -5.68. The molecule has 0 fully saturated rings. The van der Waals surface area contributed by atoms with Crippen LogP contribution in [0.25, 0.3) is 0 Å². The first-order chi connectivity index (χ1) is 5.98. The van der Waals surface area contributed by atoms with E-state index in [9.17, 15) is 33.5 Å². The van der Waals surface area contributed by atoms with Crippen molar-refractivity contribution in [2.24, 2.45) is 5.73 Å². The zero-order chi connectivity index (χ0) is 12.0. The number of hydrogen-bond donors (Lipinski definition) is 2. The predicted molar refractivity (Wildman–Crippen MR) is 33.0 cm³/mol. The van der Waals surface area contributed by atoms with Crippen molar-refractivity contribution in [3.8, 4) is 0 Å². The first kappa shape index (κ1) is 39.3. The van der Waals surface area contributed by atoms with Gasteiger partial charge in [0.25, 0.3) is 0 Å². The molecule has 0 atom stereocenters. The second kappa shape index (κ2) is 21.3. The summed E-state index contributed by atoms with van der Waals surface area (Å²) >= 11 is 0. The van der Waals surface area contributed by atoms with E-state index in [1.165, 1.54) is 0 Å². The van der Waals surface area contributed by atoms with Crippen LogP contribution in [0.3, 0.4) is 0 Å². The van der Waals surface area contributed by atoms with E-state index in [1.54, 1.807) is 0 Å². The van der Waals surface area contributed by atoms with Gasteiger partial charge in [0.15, 0.2) is 0 Å². The zero-order valence-corrected chi connectivity index (χ0v) is 24.7. The summed E-state index contributed by atoms with van der Waals surface area (Å²) in [6, 6.07) is 0. The van der Waals surface area contributed by atoms with Crippen LogP contribution in [0.15, 0.2) is 0 Å². The molecule has 0 radical (unpaired) electrons. The second-order valence-corrected chi connectivity index (χ2v) is 4.02. The molecule has 16 heteroatoms. The van der Waals surface area contributed by atoms with Crippen LogP contribution in [0.1, 0.15) is 0 Å². The Balaban J connectivity index is -0.0000000359. The topological polar surface area (TPSA) is 199 Å².